The van der Waals surface area contributed by atoms with Crippen molar-refractivity contribution in [3.8, 4) is 0 Å². The van der Waals surface area contributed by atoms with Crippen molar-refractivity contribution in [3.05, 3.63) is 0 Å². The number of carboxylic acid groups (broad SMARTS) is 6. The van der Waals surface area contributed by atoms with E-state index >= 15 is 0 Å². The molecule has 0 fully saturated rings. The number of aliphatic carboxylic acids is 6. The predicted molar refractivity (Wildman–Crippen MR) is 173 cm³/mol. The second kappa shape index (κ2) is 25.9. The third kappa shape index (κ3) is 26.5. The van der Waals surface area contributed by atoms with E-state index in [4.69, 9.17) is 20.4 Å². The molecular formula is C27H47N7O14S. The van der Waals surface area contributed by atoms with Gasteiger partial charge in [0.15, 0.2) is 0 Å². The topological polar surface area (TPSA) is 298 Å². The fraction of sp³-hybridized carbons (Fsp3) is 0.704. The number of nitrogens with one attached hydrogen (secondary N) is 2. The van der Waals surface area contributed by atoms with Crippen LogP contribution in [0, 0.1) is 0 Å². The maximum atomic E-state index is 12.6. The summed E-state index contributed by atoms with van der Waals surface area (Å²) in [5, 5.41) is 59.7. The average molecular weight is 726 g/mol. The lowest BCUT2D eigenvalue weighted by molar-refractivity contribution is -0.144. The molecule has 0 aromatic carbocycles. The Labute approximate surface area is 287 Å². The van der Waals surface area contributed by atoms with Gasteiger partial charge in [-0.3, -0.25) is 62.9 Å². The molecule has 0 saturated carbocycles. The maximum absolute atomic E-state index is 12.6. The minimum atomic E-state index is -1.26. The summed E-state index contributed by atoms with van der Waals surface area (Å²) in [6, 6.07) is 0. The van der Waals surface area contributed by atoms with E-state index in [0.29, 0.717) is 31.8 Å². The van der Waals surface area contributed by atoms with Crippen molar-refractivity contribution in [2.45, 2.75) is 6.42 Å². The minimum absolute atomic E-state index is 0.0825. The van der Waals surface area contributed by atoms with Gasteiger partial charge in [0.1, 0.15) is 0 Å². The monoisotopic (exact) mass is 725 g/mol. The van der Waals surface area contributed by atoms with Crippen molar-refractivity contribution in [1.82, 2.24) is 35.1 Å². The molecule has 0 bridgehead atoms. The van der Waals surface area contributed by atoms with Crippen LogP contribution in [0.1, 0.15) is 6.42 Å². The zero-order valence-corrected chi connectivity index (χ0v) is 28.0. The van der Waals surface area contributed by atoms with Crippen LogP contribution in [0.4, 0.5) is 0 Å². The van der Waals surface area contributed by atoms with E-state index in [9.17, 15) is 48.6 Å². The van der Waals surface area contributed by atoms with E-state index in [0.717, 1.165) is 9.80 Å². The normalized spacial score (nSPS) is 11.3. The van der Waals surface area contributed by atoms with Crippen molar-refractivity contribution in [1.29, 1.82) is 0 Å². The lowest BCUT2D eigenvalue weighted by atomic mass is 10.3. The van der Waals surface area contributed by atoms with Gasteiger partial charge in [-0.05, 0) is 18.7 Å². The molecule has 21 nitrogen and oxygen atoms in total. The number of rotatable bonds is 31. The first kappa shape index (κ1) is 44.9. The first-order chi connectivity index (χ1) is 23.0. The quantitative estimate of drug-likeness (QED) is 0.0305. The lowest BCUT2D eigenvalue weighted by Gasteiger charge is -2.26. The van der Waals surface area contributed by atoms with Crippen LogP contribution in [-0.4, -0.2) is 220 Å². The highest BCUT2D eigenvalue weighted by Gasteiger charge is 2.20. The first-order valence-corrected chi connectivity index (χ1v) is 15.7. The molecule has 0 radical (unpaired) electrons. The number of thiol groups is 1. The van der Waals surface area contributed by atoms with Gasteiger partial charge in [0.05, 0.1) is 52.4 Å². The Balaban J connectivity index is 4.99. The summed E-state index contributed by atoms with van der Waals surface area (Å²) < 4.78 is 0. The van der Waals surface area contributed by atoms with Crippen LogP contribution in [0.3, 0.4) is 0 Å². The Morgan fingerprint density at radius 1 is 0.388 bits per heavy atom. The molecule has 0 spiro atoms. The van der Waals surface area contributed by atoms with E-state index in [-0.39, 0.29) is 52.4 Å². The van der Waals surface area contributed by atoms with Crippen molar-refractivity contribution in [3.63, 3.8) is 0 Å². The summed E-state index contributed by atoms with van der Waals surface area (Å²) in [4.78, 5) is 98.4. The fourth-order valence-corrected chi connectivity index (χ4v) is 4.57. The summed E-state index contributed by atoms with van der Waals surface area (Å²) in [6.45, 7) is -2.92. The smallest absolute Gasteiger partial charge is 0.317 e. The average Bonchev–Trinajstić information content (AvgIpc) is 2.95. The Morgan fingerprint density at radius 3 is 0.898 bits per heavy atom. The number of nitrogens with zero attached hydrogens (tertiary/aromatic N) is 5. The van der Waals surface area contributed by atoms with Crippen LogP contribution in [0.15, 0.2) is 0 Å². The molecule has 0 rings (SSSR count). The van der Waals surface area contributed by atoms with Crippen LogP contribution in [0.2, 0.25) is 0 Å². The van der Waals surface area contributed by atoms with Gasteiger partial charge in [-0.25, -0.2) is 0 Å². The highest BCUT2D eigenvalue weighted by Crippen LogP contribution is 1.97. The molecule has 0 unspecified atom stereocenters. The Morgan fingerprint density at radius 2 is 0.653 bits per heavy atom. The van der Waals surface area contributed by atoms with E-state index in [2.05, 4.69) is 23.3 Å². The van der Waals surface area contributed by atoms with Crippen LogP contribution in [-0.2, 0) is 38.4 Å². The molecule has 0 aliphatic carbocycles. The maximum Gasteiger partial charge on any atom is 0.317 e. The lowest BCUT2D eigenvalue weighted by Crippen LogP contribution is -2.47. The van der Waals surface area contributed by atoms with Gasteiger partial charge < -0.3 is 41.3 Å². The molecule has 0 heterocycles. The third-order valence-electron chi connectivity index (χ3n) is 6.49. The van der Waals surface area contributed by atoms with Crippen LogP contribution in [0.5, 0.6) is 0 Å². The van der Waals surface area contributed by atoms with Gasteiger partial charge in [0, 0.05) is 52.4 Å². The number of hydrogen-bond acceptors (Lipinski definition) is 14. The summed E-state index contributed by atoms with van der Waals surface area (Å²) in [6.07, 6.45) is 0.677. The van der Waals surface area contributed by atoms with Crippen LogP contribution >= 0.6 is 12.6 Å². The van der Waals surface area contributed by atoms with Gasteiger partial charge in [0.25, 0.3) is 0 Å². The number of carbonyl (C=O) groups is 8. The highest BCUT2D eigenvalue weighted by molar-refractivity contribution is 7.80. The molecule has 49 heavy (non-hydrogen) atoms. The molecule has 280 valence electrons. The molecule has 0 atom stereocenters. The second-order valence-electron chi connectivity index (χ2n) is 10.8. The fourth-order valence-electron chi connectivity index (χ4n) is 4.42. The molecule has 2 amide bonds. The van der Waals surface area contributed by atoms with E-state index in [1.165, 1.54) is 9.80 Å². The van der Waals surface area contributed by atoms with Crippen molar-refractivity contribution >= 4 is 60.3 Å². The van der Waals surface area contributed by atoms with Crippen molar-refractivity contribution in [2.24, 2.45) is 0 Å². The summed E-state index contributed by atoms with van der Waals surface area (Å²) in [7, 11) is 0. The molecule has 0 aromatic rings. The number of hydrogen-bond donors (Lipinski definition) is 9. The zero-order valence-electron chi connectivity index (χ0n) is 27.1. The Hall–Kier alpha value is -4.09. The second-order valence-corrected chi connectivity index (χ2v) is 11.3. The zero-order chi connectivity index (χ0) is 37.4. The standard InChI is InChI=1S/C27H47N7O14S/c35-20(12-31(14-22(37)38)7-9-33(16-24(41)42)17-25(43)44)28-2-5-30(4-1-11-49)6-3-29-21(36)13-32(15-23(39)40)8-10-34(18-26(45)46)19-27(47)48/h49H,1-19H2,(H,28,35)(H,29,36)(H,37,38)(H,39,40)(H,41,42)(H,43,44)(H,45,46)(H,47,48). The van der Waals surface area contributed by atoms with Crippen molar-refractivity contribution in [2.75, 3.05) is 117 Å². The predicted octanol–water partition coefficient (Wildman–Crippen LogP) is -4.44. The minimum Gasteiger partial charge on any atom is -0.480 e. The summed E-state index contributed by atoms with van der Waals surface area (Å²) in [5.74, 6) is -8.00. The van der Waals surface area contributed by atoms with E-state index in [1.807, 2.05) is 4.90 Å². The summed E-state index contributed by atoms with van der Waals surface area (Å²) >= 11 is 4.20. The molecule has 0 saturated heterocycles. The number of amides is 2. The van der Waals surface area contributed by atoms with Gasteiger partial charge in [-0.1, -0.05) is 0 Å². The Kier molecular flexibility index (Phi) is 23.7. The largest absolute Gasteiger partial charge is 0.480 e. The highest BCUT2D eigenvalue weighted by atomic mass is 32.1. The van der Waals surface area contributed by atoms with Gasteiger partial charge >= 0.3 is 35.8 Å². The third-order valence-corrected chi connectivity index (χ3v) is 6.80. The Bertz CT molecular complexity index is 1000. The molecule has 8 N–H and O–H groups in total. The van der Waals surface area contributed by atoms with E-state index < -0.39 is 86.9 Å². The number of carboxylic acids is 6. The first-order valence-electron chi connectivity index (χ1n) is 15.1. The molecule has 0 aliphatic heterocycles. The molecule has 22 heteroatoms. The van der Waals surface area contributed by atoms with Crippen LogP contribution in [0.25, 0.3) is 0 Å². The molecule has 0 aliphatic rings. The van der Waals surface area contributed by atoms with Gasteiger partial charge in [-0.2, -0.15) is 12.6 Å². The van der Waals surface area contributed by atoms with Crippen molar-refractivity contribution < 1.29 is 69.0 Å². The van der Waals surface area contributed by atoms with Crippen LogP contribution < -0.4 is 10.6 Å². The molecule has 0 aromatic heterocycles. The molecular weight excluding hydrogens is 678 g/mol. The number of carbonyl (C=O) groups excluding carboxylic acids is 2. The van der Waals surface area contributed by atoms with Gasteiger partial charge in [0.2, 0.25) is 11.8 Å². The van der Waals surface area contributed by atoms with Gasteiger partial charge in [-0.15, -0.1) is 0 Å². The summed E-state index contributed by atoms with van der Waals surface area (Å²) in [5.41, 5.74) is 0. The van der Waals surface area contributed by atoms with E-state index in [1.54, 1.807) is 0 Å². The SMILES string of the molecule is O=C(O)CN(CCN(CC(=O)O)CC(=O)NCCN(CCCS)CCNC(=O)CN(CCN(CC(=O)O)CC(=O)O)CC(=O)O)CC(=O)O.